The SMILES string of the molecule is COCc1cnc2ccccc2c1-c1nocc1C(C)C. The summed E-state index contributed by atoms with van der Waals surface area (Å²) in [7, 11) is 1.69. The third-order valence-electron chi connectivity index (χ3n) is 3.61. The summed E-state index contributed by atoms with van der Waals surface area (Å²) in [5.41, 5.74) is 5.01. The first-order valence-electron chi connectivity index (χ1n) is 7.02. The highest BCUT2D eigenvalue weighted by Gasteiger charge is 2.19. The molecule has 0 atom stereocenters. The number of aromatic nitrogens is 2. The molecule has 0 radical (unpaired) electrons. The van der Waals surface area contributed by atoms with Gasteiger partial charge in [0, 0.05) is 35.4 Å². The average molecular weight is 282 g/mol. The van der Waals surface area contributed by atoms with Crippen molar-refractivity contribution < 1.29 is 9.26 Å². The van der Waals surface area contributed by atoms with Gasteiger partial charge >= 0.3 is 0 Å². The largest absolute Gasteiger partial charge is 0.380 e. The van der Waals surface area contributed by atoms with Gasteiger partial charge in [-0.3, -0.25) is 4.98 Å². The topological polar surface area (TPSA) is 48.2 Å². The number of pyridine rings is 1. The van der Waals surface area contributed by atoms with Gasteiger partial charge in [0.2, 0.25) is 0 Å². The molecule has 4 nitrogen and oxygen atoms in total. The number of para-hydroxylation sites is 1. The van der Waals surface area contributed by atoms with Crippen LogP contribution in [0.25, 0.3) is 22.2 Å². The van der Waals surface area contributed by atoms with Crippen LogP contribution >= 0.6 is 0 Å². The van der Waals surface area contributed by atoms with Crippen molar-refractivity contribution in [2.24, 2.45) is 0 Å². The fraction of sp³-hybridized carbons (Fsp3) is 0.294. The van der Waals surface area contributed by atoms with E-state index in [9.17, 15) is 0 Å². The maximum absolute atomic E-state index is 5.32. The molecule has 0 N–H and O–H groups in total. The predicted molar refractivity (Wildman–Crippen MR) is 82.0 cm³/mol. The minimum Gasteiger partial charge on any atom is -0.380 e. The molecule has 0 saturated heterocycles. The zero-order valence-corrected chi connectivity index (χ0v) is 12.5. The Hall–Kier alpha value is -2.20. The summed E-state index contributed by atoms with van der Waals surface area (Å²) in [4.78, 5) is 4.51. The van der Waals surface area contributed by atoms with Gasteiger partial charge in [-0.15, -0.1) is 0 Å². The van der Waals surface area contributed by atoms with Crippen LogP contribution in [-0.2, 0) is 11.3 Å². The molecule has 0 bridgehead atoms. The minimum atomic E-state index is 0.341. The molecule has 0 unspecified atom stereocenters. The van der Waals surface area contributed by atoms with E-state index in [0.29, 0.717) is 12.5 Å². The number of hydrogen-bond acceptors (Lipinski definition) is 4. The summed E-state index contributed by atoms with van der Waals surface area (Å²) in [6, 6.07) is 8.07. The summed E-state index contributed by atoms with van der Waals surface area (Å²) in [6.45, 7) is 4.77. The van der Waals surface area contributed by atoms with Crippen LogP contribution in [0.5, 0.6) is 0 Å². The summed E-state index contributed by atoms with van der Waals surface area (Å²) in [5.74, 6) is 0.341. The molecule has 0 aliphatic rings. The molecule has 0 saturated carbocycles. The van der Waals surface area contributed by atoms with E-state index in [0.717, 1.165) is 33.3 Å². The van der Waals surface area contributed by atoms with E-state index in [-0.39, 0.29) is 0 Å². The first kappa shape index (κ1) is 13.8. The molecule has 1 aromatic carbocycles. The Bertz CT molecular complexity index is 762. The van der Waals surface area contributed by atoms with Gasteiger partial charge in [0.1, 0.15) is 12.0 Å². The van der Waals surface area contributed by atoms with Gasteiger partial charge in [-0.25, -0.2) is 0 Å². The van der Waals surface area contributed by atoms with E-state index in [1.54, 1.807) is 13.4 Å². The lowest BCUT2D eigenvalue weighted by molar-refractivity contribution is 0.185. The molecule has 108 valence electrons. The summed E-state index contributed by atoms with van der Waals surface area (Å²) in [5, 5.41) is 5.31. The Morgan fingerprint density at radius 3 is 2.81 bits per heavy atom. The van der Waals surface area contributed by atoms with Crippen molar-refractivity contribution in [3.05, 3.63) is 47.9 Å². The maximum atomic E-state index is 5.32. The molecular weight excluding hydrogens is 264 g/mol. The van der Waals surface area contributed by atoms with Gasteiger partial charge in [-0.05, 0) is 12.0 Å². The van der Waals surface area contributed by atoms with Gasteiger partial charge in [-0.2, -0.15) is 0 Å². The number of benzene rings is 1. The van der Waals surface area contributed by atoms with E-state index in [1.165, 1.54) is 0 Å². The fourth-order valence-electron chi connectivity index (χ4n) is 2.57. The van der Waals surface area contributed by atoms with Gasteiger partial charge in [-0.1, -0.05) is 37.2 Å². The van der Waals surface area contributed by atoms with E-state index in [1.807, 2.05) is 24.4 Å². The number of fused-ring (bicyclic) bond motifs is 1. The number of nitrogens with zero attached hydrogens (tertiary/aromatic N) is 2. The molecule has 2 heterocycles. The second kappa shape index (κ2) is 5.66. The lowest BCUT2D eigenvalue weighted by Gasteiger charge is -2.12. The normalized spacial score (nSPS) is 11.4. The van der Waals surface area contributed by atoms with Crippen LogP contribution in [0.1, 0.15) is 30.9 Å². The highest BCUT2D eigenvalue weighted by Crippen LogP contribution is 2.35. The van der Waals surface area contributed by atoms with Crippen molar-refractivity contribution in [2.45, 2.75) is 26.4 Å². The van der Waals surface area contributed by atoms with Crippen molar-refractivity contribution in [3.8, 4) is 11.3 Å². The first-order valence-corrected chi connectivity index (χ1v) is 7.02. The first-order chi connectivity index (χ1) is 10.2. The lowest BCUT2D eigenvalue weighted by atomic mass is 9.94. The Labute approximate surface area is 123 Å². The highest BCUT2D eigenvalue weighted by atomic mass is 16.5. The molecule has 0 aliphatic heterocycles. The van der Waals surface area contributed by atoms with Crippen molar-refractivity contribution in [1.82, 2.24) is 10.1 Å². The molecule has 2 aromatic heterocycles. The van der Waals surface area contributed by atoms with Crippen molar-refractivity contribution >= 4 is 10.9 Å². The van der Waals surface area contributed by atoms with Crippen LogP contribution in [0, 0.1) is 0 Å². The molecule has 3 rings (SSSR count). The third-order valence-corrected chi connectivity index (χ3v) is 3.61. The second-order valence-electron chi connectivity index (χ2n) is 5.38. The quantitative estimate of drug-likeness (QED) is 0.721. The highest BCUT2D eigenvalue weighted by molar-refractivity contribution is 5.95. The summed E-state index contributed by atoms with van der Waals surface area (Å²) < 4.78 is 10.5. The van der Waals surface area contributed by atoms with E-state index in [2.05, 4.69) is 30.1 Å². The molecule has 0 amide bonds. The number of hydrogen-bond donors (Lipinski definition) is 0. The van der Waals surface area contributed by atoms with Gasteiger partial charge in [0.05, 0.1) is 12.1 Å². The fourth-order valence-corrected chi connectivity index (χ4v) is 2.57. The summed E-state index contributed by atoms with van der Waals surface area (Å²) >= 11 is 0. The van der Waals surface area contributed by atoms with Crippen LogP contribution in [-0.4, -0.2) is 17.3 Å². The van der Waals surface area contributed by atoms with Crippen LogP contribution in [0.2, 0.25) is 0 Å². The summed E-state index contributed by atoms with van der Waals surface area (Å²) in [6.07, 6.45) is 3.59. The van der Waals surface area contributed by atoms with Crippen LogP contribution < -0.4 is 0 Å². The molecule has 0 spiro atoms. The van der Waals surface area contributed by atoms with Crippen molar-refractivity contribution in [2.75, 3.05) is 7.11 Å². The molecule has 0 aliphatic carbocycles. The Balaban J connectivity index is 2.32. The molecule has 0 fully saturated rings. The van der Waals surface area contributed by atoms with Crippen molar-refractivity contribution in [3.63, 3.8) is 0 Å². The standard InChI is InChI=1S/C17H18N2O2/c1-11(2)14-10-21-19-17(14)16-12(9-20-3)8-18-15-7-5-4-6-13(15)16/h4-8,10-11H,9H2,1-3H3. The second-order valence-corrected chi connectivity index (χ2v) is 5.38. The van der Waals surface area contributed by atoms with Crippen LogP contribution in [0.4, 0.5) is 0 Å². The van der Waals surface area contributed by atoms with Crippen LogP contribution in [0.15, 0.2) is 41.2 Å². The van der Waals surface area contributed by atoms with Gasteiger partial charge in [0.15, 0.2) is 0 Å². The molecule has 3 aromatic rings. The average Bonchev–Trinajstić information content (AvgIpc) is 2.96. The predicted octanol–water partition coefficient (Wildman–Crippen LogP) is 4.16. The van der Waals surface area contributed by atoms with E-state index in [4.69, 9.17) is 9.26 Å². The monoisotopic (exact) mass is 282 g/mol. The molecule has 4 heteroatoms. The van der Waals surface area contributed by atoms with Crippen LogP contribution in [0.3, 0.4) is 0 Å². The third kappa shape index (κ3) is 2.43. The van der Waals surface area contributed by atoms with E-state index >= 15 is 0 Å². The lowest BCUT2D eigenvalue weighted by Crippen LogP contribution is -1.98. The Morgan fingerprint density at radius 2 is 2.05 bits per heavy atom. The number of ether oxygens (including phenoxy) is 1. The van der Waals surface area contributed by atoms with Gasteiger partial charge < -0.3 is 9.26 Å². The maximum Gasteiger partial charge on any atom is 0.127 e. The van der Waals surface area contributed by atoms with Crippen molar-refractivity contribution in [1.29, 1.82) is 0 Å². The molecule has 21 heavy (non-hydrogen) atoms. The Morgan fingerprint density at radius 1 is 1.24 bits per heavy atom. The number of rotatable bonds is 4. The Kier molecular flexibility index (Phi) is 3.71. The molecular formula is C17H18N2O2. The van der Waals surface area contributed by atoms with E-state index < -0.39 is 0 Å². The zero-order chi connectivity index (χ0) is 14.8. The smallest absolute Gasteiger partial charge is 0.127 e. The van der Waals surface area contributed by atoms with Gasteiger partial charge in [0.25, 0.3) is 0 Å². The zero-order valence-electron chi connectivity index (χ0n) is 12.5. The minimum absolute atomic E-state index is 0.341. The number of methoxy groups -OCH3 is 1.